The zero-order valence-electron chi connectivity index (χ0n) is 20.6. The van der Waals surface area contributed by atoms with Gasteiger partial charge >= 0.3 is 6.09 Å². The summed E-state index contributed by atoms with van der Waals surface area (Å²) in [5, 5.41) is 26.6. The highest BCUT2D eigenvalue weighted by molar-refractivity contribution is 5.68. The summed E-state index contributed by atoms with van der Waals surface area (Å²) in [6, 6.07) is 14.0. The third kappa shape index (κ3) is 5.46. The highest BCUT2D eigenvalue weighted by Crippen LogP contribution is 2.34. The smallest absolute Gasteiger partial charge is 0.407 e. The molecular formula is C27H31N5O3. The Bertz CT molecular complexity index is 1260. The van der Waals surface area contributed by atoms with Crippen molar-refractivity contribution in [1.82, 2.24) is 15.0 Å². The largest absolute Gasteiger partial charge is 0.465 e. The third-order valence-corrected chi connectivity index (χ3v) is 6.22. The molecule has 1 unspecified atom stereocenters. The van der Waals surface area contributed by atoms with Crippen molar-refractivity contribution in [2.45, 2.75) is 52.5 Å². The zero-order valence-corrected chi connectivity index (χ0v) is 20.6. The van der Waals surface area contributed by atoms with E-state index >= 15 is 0 Å². The quantitative estimate of drug-likeness (QED) is 0.467. The van der Waals surface area contributed by atoms with E-state index in [4.69, 9.17) is 4.52 Å². The summed E-state index contributed by atoms with van der Waals surface area (Å²) in [5.74, 6) is 1.42. The van der Waals surface area contributed by atoms with Crippen molar-refractivity contribution < 1.29 is 14.4 Å². The van der Waals surface area contributed by atoms with Gasteiger partial charge in [0.1, 0.15) is 6.07 Å². The molecule has 3 aromatic rings. The van der Waals surface area contributed by atoms with Gasteiger partial charge in [-0.05, 0) is 68.0 Å². The maximum Gasteiger partial charge on any atom is 0.407 e. The van der Waals surface area contributed by atoms with Crippen molar-refractivity contribution in [1.29, 1.82) is 5.26 Å². The first-order valence-corrected chi connectivity index (χ1v) is 12.0. The van der Waals surface area contributed by atoms with Crippen LogP contribution in [0.3, 0.4) is 0 Å². The summed E-state index contributed by atoms with van der Waals surface area (Å²) in [7, 11) is 0. The number of carboxylic acid groups (broad SMARTS) is 1. The van der Waals surface area contributed by atoms with Gasteiger partial charge in [-0.15, -0.1) is 0 Å². The second kappa shape index (κ2) is 10.2. The second-order valence-corrected chi connectivity index (χ2v) is 9.81. The highest BCUT2D eigenvalue weighted by atomic mass is 16.5. The molecule has 35 heavy (non-hydrogen) atoms. The van der Waals surface area contributed by atoms with E-state index in [9.17, 15) is 15.2 Å². The standard InChI is InChI=1S/C27H31N5O3/c1-16(2)11-22-15-32(27(33)34)10-9-18-12-19(5-7-23(18)22)25-30-26(35-31-25)20-6-8-24(29-17(3)4)21(13-20)14-28/h5-8,12-13,16-17,22,29H,9-11,15H2,1-4H3,(H,33,34). The number of carbonyl (C=O) groups is 1. The Kier molecular flexibility index (Phi) is 7.06. The van der Waals surface area contributed by atoms with Gasteiger partial charge < -0.3 is 19.8 Å². The molecule has 0 aliphatic carbocycles. The van der Waals surface area contributed by atoms with Gasteiger partial charge in [0.25, 0.3) is 5.89 Å². The molecule has 0 radical (unpaired) electrons. The molecule has 1 atom stereocenters. The normalized spacial score (nSPS) is 15.6. The van der Waals surface area contributed by atoms with E-state index in [0.29, 0.717) is 48.3 Å². The molecule has 0 spiro atoms. The summed E-state index contributed by atoms with van der Waals surface area (Å²) >= 11 is 0. The SMILES string of the molecule is CC(C)CC1CN(C(=O)O)CCc2cc(-c3noc(-c4ccc(NC(C)C)c(C#N)c4)n3)ccc21. The maximum absolute atomic E-state index is 11.7. The molecule has 0 bridgehead atoms. The van der Waals surface area contributed by atoms with Crippen LogP contribution in [0.15, 0.2) is 40.9 Å². The van der Waals surface area contributed by atoms with Gasteiger partial charge in [0, 0.05) is 36.2 Å². The van der Waals surface area contributed by atoms with E-state index < -0.39 is 6.09 Å². The summed E-state index contributed by atoms with van der Waals surface area (Å²) < 4.78 is 5.54. The van der Waals surface area contributed by atoms with E-state index in [0.717, 1.165) is 23.2 Å². The van der Waals surface area contributed by atoms with Crippen LogP contribution in [0.1, 0.15) is 56.7 Å². The van der Waals surface area contributed by atoms with E-state index in [1.807, 2.05) is 32.0 Å². The third-order valence-electron chi connectivity index (χ3n) is 6.22. The minimum atomic E-state index is -0.874. The van der Waals surface area contributed by atoms with Gasteiger partial charge in [-0.25, -0.2) is 4.79 Å². The Hall–Kier alpha value is -3.86. The van der Waals surface area contributed by atoms with Gasteiger partial charge in [-0.2, -0.15) is 10.2 Å². The number of anilines is 1. The fourth-order valence-electron chi connectivity index (χ4n) is 4.68. The molecule has 1 aliphatic heterocycles. The number of hydrogen-bond donors (Lipinski definition) is 2. The molecule has 1 aromatic heterocycles. The first-order valence-electron chi connectivity index (χ1n) is 12.0. The molecule has 0 fully saturated rings. The number of amides is 1. The molecule has 2 aromatic carbocycles. The number of fused-ring (bicyclic) bond motifs is 1. The van der Waals surface area contributed by atoms with Crippen molar-refractivity contribution in [2.24, 2.45) is 5.92 Å². The fraction of sp³-hybridized carbons (Fsp3) is 0.407. The van der Waals surface area contributed by atoms with Gasteiger partial charge in [0.05, 0.1) is 11.3 Å². The monoisotopic (exact) mass is 473 g/mol. The summed E-state index contributed by atoms with van der Waals surface area (Å²) in [5.41, 5.74) is 5.10. The molecule has 182 valence electrons. The maximum atomic E-state index is 11.7. The van der Waals surface area contributed by atoms with Crippen LogP contribution in [0.25, 0.3) is 22.8 Å². The Morgan fingerprint density at radius 1 is 1.23 bits per heavy atom. The molecule has 0 saturated heterocycles. The Morgan fingerprint density at radius 3 is 2.69 bits per heavy atom. The first kappa shape index (κ1) is 24.3. The van der Waals surface area contributed by atoms with E-state index in [1.165, 1.54) is 10.5 Å². The molecule has 1 aliphatic rings. The second-order valence-electron chi connectivity index (χ2n) is 9.81. The average molecular weight is 474 g/mol. The Balaban J connectivity index is 1.63. The van der Waals surface area contributed by atoms with E-state index in [-0.39, 0.29) is 12.0 Å². The van der Waals surface area contributed by atoms with Crippen LogP contribution in [0.5, 0.6) is 0 Å². The van der Waals surface area contributed by atoms with Crippen LogP contribution in [-0.2, 0) is 6.42 Å². The lowest BCUT2D eigenvalue weighted by molar-refractivity contribution is 0.142. The minimum absolute atomic E-state index is 0.154. The predicted molar refractivity (Wildman–Crippen MR) is 134 cm³/mol. The average Bonchev–Trinajstić information content (AvgIpc) is 3.23. The van der Waals surface area contributed by atoms with Crippen LogP contribution < -0.4 is 5.32 Å². The van der Waals surface area contributed by atoms with E-state index in [2.05, 4.69) is 47.5 Å². The van der Waals surface area contributed by atoms with Crippen LogP contribution >= 0.6 is 0 Å². The van der Waals surface area contributed by atoms with Crippen molar-refractivity contribution in [2.75, 3.05) is 18.4 Å². The zero-order chi connectivity index (χ0) is 25.1. The van der Waals surface area contributed by atoms with E-state index in [1.54, 1.807) is 6.07 Å². The number of rotatable bonds is 6. The molecule has 8 heteroatoms. The van der Waals surface area contributed by atoms with Crippen LogP contribution in [0, 0.1) is 17.2 Å². The number of aromatic nitrogens is 2. The summed E-state index contributed by atoms with van der Waals surface area (Å²) in [6.07, 6.45) is 0.691. The number of hydrogen-bond acceptors (Lipinski definition) is 6. The Labute approximate surface area is 205 Å². The molecule has 2 N–H and O–H groups in total. The number of nitrogens with one attached hydrogen (secondary N) is 1. The van der Waals surface area contributed by atoms with Crippen molar-refractivity contribution in [3.8, 4) is 28.9 Å². The molecule has 2 heterocycles. The Morgan fingerprint density at radius 2 is 2.00 bits per heavy atom. The molecule has 8 nitrogen and oxygen atoms in total. The molecule has 0 saturated carbocycles. The van der Waals surface area contributed by atoms with Gasteiger partial charge in [-0.3, -0.25) is 0 Å². The van der Waals surface area contributed by atoms with Crippen molar-refractivity contribution in [3.63, 3.8) is 0 Å². The lowest BCUT2D eigenvalue weighted by Crippen LogP contribution is -2.33. The van der Waals surface area contributed by atoms with Crippen LogP contribution in [-0.4, -0.2) is 45.4 Å². The van der Waals surface area contributed by atoms with Crippen molar-refractivity contribution >= 4 is 11.8 Å². The molecule has 4 rings (SSSR count). The lowest BCUT2D eigenvalue weighted by Gasteiger charge is -2.24. The van der Waals surface area contributed by atoms with Gasteiger partial charge in [0.15, 0.2) is 0 Å². The number of nitriles is 1. The topological polar surface area (TPSA) is 115 Å². The van der Waals surface area contributed by atoms with Gasteiger partial charge in [-0.1, -0.05) is 31.1 Å². The van der Waals surface area contributed by atoms with Crippen molar-refractivity contribution in [3.05, 3.63) is 53.1 Å². The number of nitrogens with zero attached hydrogens (tertiary/aromatic N) is 4. The predicted octanol–water partition coefficient (Wildman–Crippen LogP) is 5.76. The lowest BCUT2D eigenvalue weighted by atomic mass is 9.86. The minimum Gasteiger partial charge on any atom is -0.465 e. The highest BCUT2D eigenvalue weighted by Gasteiger charge is 2.27. The first-order chi connectivity index (χ1) is 16.7. The van der Waals surface area contributed by atoms with Crippen LogP contribution in [0.4, 0.5) is 10.5 Å². The summed E-state index contributed by atoms with van der Waals surface area (Å²) in [4.78, 5) is 17.8. The number of benzene rings is 2. The molecular weight excluding hydrogens is 442 g/mol. The van der Waals surface area contributed by atoms with Gasteiger partial charge in [0.2, 0.25) is 5.82 Å². The fourth-order valence-corrected chi connectivity index (χ4v) is 4.68. The summed E-state index contributed by atoms with van der Waals surface area (Å²) in [6.45, 7) is 9.33. The van der Waals surface area contributed by atoms with Crippen LogP contribution in [0.2, 0.25) is 0 Å². The molecule has 1 amide bonds.